The highest BCUT2D eigenvalue weighted by Crippen LogP contribution is 2.17. The number of carbonyl (C=O) groups excluding carboxylic acids is 2. The Balaban J connectivity index is 3.47. The van der Waals surface area contributed by atoms with Gasteiger partial charge in [0.1, 0.15) is 0 Å². The second-order valence-corrected chi connectivity index (χ2v) is 20.7. The summed E-state index contributed by atoms with van der Waals surface area (Å²) in [4.78, 5) is 24.5. The van der Waals surface area contributed by atoms with Crippen LogP contribution < -0.4 is 5.32 Å². The van der Waals surface area contributed by atoms with Crippen LogP contribution in [0.2, 0.25) is 0 Å². The SMILES string of the molecule is CCCCCCC/C=C\CCCCCCCC(=O)OCCCCCCCCC/C=C\CCCCCCCC(=O)NC(CO)C(O)CCCCCCCCCCCCCCCCCCCCCC. The van der Waals surface area contributed by atoms with Crippen molar-refractivity contribution in [3.05, 3.63) is 24.3 Å². The minimum absolute atomic E-state index is 0.0108. The van der Waals surface area contributed by atoms with Gasteiger partial charge >= 0.3 is 5.97 Å². The van der Waals surface area contributed by atoms with Gasteiger partial charge in [0, 0.05) is 12.8 Å². The van der Waals surface area contributed by atoms with Crippen LogP contribution in [0, 0.1) is 0 Å². The van der Waals surface area contributed by atoms with Crippen LogP contribution in [0.3, 0.4) is 0 Å². The molecule has 0 spiro atoms. The summed E-state index contributed by atoms with van der Waals surface area (Å²) in [6, 6.07) is -0.554. The maximum Gasteiger partial charge on any atom is 0.305 e. The molecular formula is C61H117NO5. The standard InChI is InChI=1S/C61H117NO5/c1-3-5-7-9-11-13-15-17-19-20-21-22-23-26-29-33-37-41-45-49-53-59(64)58(57-63)62-60(65)54-50-46-42-38-34-30-27-24-25-28-32-36-40-44-48-52-56-67-61(66)55-51-47-43-39-35-31-18-16-14-12-10-8-6-4-2/h16,18,24,27,58-59,63-64H,3-15,17,19-23,25-26,28-57H2,1-2H3,(H,62,65)/b18-16-,27-24-. The molecule has 0 aliphatic rings. The third-order valence-electron chi connectivity index (χ3n) is 14.0. The van der Waals surface area contributed by atoms with Crippen LogP contribution >= 0.6 is 0 Å². The van der Waals surface area contributed by atoms with Gasteiger partial charge in [0.05, 0.1) is 25.4 Å². The minimum Gasteiger partial charge on any atom is -0.466 e. The number of unbranched alkanes of at least 4 members (excludes halogenated alkanes) is 41. The Morgan fingerprint density at radius 3 is 1.06 bits per heavy atom. The van der Waals surface area contributed by atoms with E-state index in [1.807, 2.05) is 0 Å². The number of hydrogen-bond donors (Lipinski definition) is 3. The average molecular weight is 945 g/mol. The summed E-state index contributed by atoms with van der Waals surface area (Å²) in [5.74, 6) is -0.0604. The summed E-state index contributed by atoms with van der Waals surface area (Å²) in [5, 5.41) is 23.3. The highest BCUT2D eigenvalue weighted by atomic mass is 16.5. The third-order valence-corrected chi connectivity index (χ3v) is 14.0. The van der Waals surface area contributed by atoms with Gasteiger partial charge in [-0.05, 0) is 77.0 Å². The van der Waals surface area contributed by atoms with Crippen molar-refractivity contribution in [3.63, 3.8) is 0 Å². The van der Waals surface area contributed by atoms with Gasteiger partial charge < -0.3 is 20.3 Å². The molecule has 0 fully saturated rings. The van der Waals surface area contributed by atoms with E-state index < -0.39 is 12.1 Å². The summed E-state index contributed by atoms with van der Waals surface area (Å²) in [6.07, 6.45) is 68.8. The second kappa shape index (κ2) is 56.9. The van der Waals surface area contributed by atoms with E-state index >= 15 is 0 Å². The first kappa shape index (κ1) is 65.3. The van der Waals surface area contributed by atoms with E-state index in [1.54, 1.807) is 0 Å². The van der Waals surface area contributed by atoms with Crippen LogP contribution in [-0.4, -0.2) is 47.4 Å². The fraction of sp³-hybridized carbons (Fsp3) is 0.902. The Hall–Kier alpha value is -1.66. The fourth-order valence-corrected chi connectivity index (χ4v) is 9.34. The maximum absolute atomic E-state index is 12.5. The molecule has 3 N–H and O–H groups in total. The molecular weight excluding hydrogens is 827 g/mol. The van der Waals surface area contributed by atoms with E-state index in [2.05, 4.69) is 43.5 Å². The summed E-state index contributed by atoms with van der Waals surface area (Å²) in [6.45, 7) is 4.94. The molecule has 0 saturated heterocycles. The van der Waals surface area contributed by atoms with Gasteiger partial charge in [-0.1, -0.05) is 263 Å². The Kier molecular flexibility index (Phi) is 55.5. The van der Waals surface area contributed by atoms with Crippen molar-refractivity contribution in [3.8, 4) is 0 Å². The van der Waals surface area contributed by atoms with Crippen LogP contribution in [0.25, 0.3) is 0 Å². The van der Waals surface area contributed by atoms with E-state index in [4.69, 9.17) is 4.74 Å². The lowest BCUT2D eigenvalue weighted by Crippen LogP contribution is -2.45. The van der Waals surface area contributed by atoms with Crippen LogP contribution in [0.1, 0.15) is 328 Å². The zero-order valence-corrected chi connectivity index (χ0v) is 45.1. The fourth-order valence-electron chi connectivity index (χ4n) is 9.34. The maximum atomic E-state index is 12.5. The van der Waals surface area contributed by atoms with Crippen LogP contribution in [0.4, 0.5) is 0 Å². The molecule has 2 atom stereocenters. The molecule has 396 valence electrons. The molecule has 6 heteroatoms. The number of esters is 1. The molecule has 0 radical (unpaired) electrons. The molecule has 0 aliphatic carbocycles. The Labute approximate surface area is 418 Å². The molecule has 0 aromatic rings. The zero-order valence-electron chi connectivity index (χ0n) is 45.1. The lowest BCUT2D eigenvalue weighted by atomic mass is 10.0. The lowest BCUT2D eigenvalue weighted by Gasteiger charge is -2.22. The van der Waals surface area contributed by atoms with Gasteiger partial charge in [0.15, 0.2) is 0 Å². The zero-order chi connectivity index (χ0) is 48.6. The van der Waals surface area contributed by atoms with E-state index in [0.29, 0.717) is 25.9 Å². The number of rotatable bonds is 56. The highest BCUT2D eigenvalue weighted by Gasteiger charge is 2.20. The van der Waals surface area contributed by atoms with E-state index in [-0.39, 0.29) is 18.5 Å². The highest BCUT2D eigenvalue weighted by molar-refractivity contribution is 5.76. The van der Waals surface area contributed by atoms with E-state index in [0.717, 1.165) is 64.2 Å². The second-order valence-electron chi connectivity index (χ2n) is 20.7. The lowest BCUT2D eigenvalue weighted by molar-refractivity contribution is -0.143. The minimum atomic E-state index is -0.676. The van der Waals surface area contributed by atoms with Crippen molar-refractivity contribution in [1.29, 1.82) is 0 Å². The molecule has 0 aromatic heterocycles. The van der Waals surface area contributed by atoms with Gasteiger partial charge in [0.25, 0.3) is 0 Å². The summed E-state index contributed by atoms with van der Waals surface area (Å²) < 4.78 is 5.46. The predicted molar refractivity (Wildman–Crippen MR) is 292 cm³/mol. The number of hydrogen-bond acceptors (Lipinski definition) is 5. The number of amides is 1. The summed E-state index contributed by atoms with van der Waals surface area (Å²) in [7, 11) is 0. The van der Waals surface area contributed by atoms with Gasteiger partial charge in [-0.2, -0.15) is 0 Å². The molecule has 0 bridgehead atoms. The molecule has 0 rings (SSSR count). The van der Waals surface area contributed by atoms with Crippen LogP contribution in [0.5, 0.6) is 0 Å². The quantitative estimate of drug-likeness (QED) is 0.0321. The normalized spacial score (nSPS) is 12.7. The third kappa shape index (κ3) is 53.5. The molecule has 2 unspecified atom stereocenters. The molecule has 6 nitrogen and oxygen atoms in total. The molecule has 67 heavy (non-hydrogen) atoms. The smallest absolute Gasteiger partial charge is 0.305 e. The Morgan fingerprint density at radius 2 is 0.701 bits per heavy atom. The van der Waals surface area contributed by atoms with Gasteiger partial charge in [0.2, 0.25) is 5.91 Å². The number of allylic oxidation sites excluding steroid dienone is 4. The first-order valence-electron chi connectivity index (χ1n) is 30.1. The van der Waals surface area contributed by atoms with Crippen molar-refractivity contribution < 1.29 is 24.5 Å². The molecule has 0 heterocycles. The average Bonchev–Trinajstić information content (AvgIpc) is 3.33. The topological polar surface area (TPSA) is 95.9 Å². The number of ether oxygens (including phenoxy) is 1. The summed E-state index contributed by atoms with van der Waals surface area (Å²) in [5.41, 5.74) is 0. The molecule has 0 aliphatic heterocycles. The van der Waals surface area contributed by atoms with Crippen molar-refractivity contribution in [2.75, 3.05) is 13.2 Å². The van der Waals surface area contributed by atoms with E-state index in [9.17, 15) is 19.8 Å². The molecule has 1 amide bonds. The van der Waals surface area contributed by atoms with Crippen molar-refractivity contribution in [2.24, 2.45) is 0 Å². The molecule has 0 aromatic carbocycles. The number of nitrogens with one attached hydrogen (secondary N) is 1. The van der Waals surface area contributed by atoms with Gasteiger partial charge in [-0.15, -0.1) is 0 Å². The van der Waals surface area contributed by atoms with Gasteiger partial charge in [-0.3, -0.25) is 9.59 Å². The molecule has 0 saturated carbocycles. The monoisotopic (exact) mass is 944 g/mol. The number of carbonyl (C=O) groups is 2. The Bertz CT molecular complexity index is 1040. The van der Waals surface area contributed by atoms with Crippen LogP contribution in [0.15, 0.2) is 24.3 Å². The summed E-state index contributed by atoms with van der Waals surface area (Å²) >= 11 is 0. The van der Waals surface area contributed by atoms with Crippen molar-refractivity contribution in [2.45, 2.75) is 341 Å². The largest absolute Gasteiger partial charge is 0.466 e. The van der Waals surface area contributed by atoms with Crippen LogP contribution in [-0.2, 0) is 14.3 Å². The van der Waals surface area contributed by atoms with Crippen molar-refractivity contribution >= 4 is 11.9 Å². The first-order valence-corrected chi connectivity index (χ1v) is 30.1. The van der Waals surface area contributed by atoms with E-state index in [1.165, 1.54) is 231 Å². The van der Waals surface area contributed by atoms with Crippen molar-refractivity contribution in [1.82, 2.24) is 5.32 Å². The first-order chi connectivity index (χ1) is 33.0. The Morgan fingerprint density at radius 1 is 0.403 bits per heavy atom. The predicted octanol–water partition coefficient (Wildman–Crippen LogP) is 18.6. The number of aliphatic hydroxyl groups is 2. The van der Waals surface area contributed by atoms with Gasteiger partial charge in [-0.25, -0.2) is 0 Å². The number of aliphatic hydroxyl groups excluding tert-OH is 2.